The predicted octanol–water partition coefficient (Wildman–Crippen LogP) is 3.04. The van der Waals surface area contributed by atoms with Gasteiger partial charge in [-0.05, 0) is 63.2 Å². The molecule has 3 aromatic heterocycles. The molecule has 31 heavy (non-hydrogen) atoms. The lowest BCUT2D eigenvalue weighted by Gasteiger charge is -2.10. The van der Waals surface area contributed by atoms with E-state index >= 15 is 0 Å². The van der Waals surface area contributed by atoms with Crippen molar-refractivity contribution in [2.75, 3.05) is 10.0 Å². The van der Waals surface area contributed by atoms with Crippen molar-refractivity contribution in [3.05, 3.63) is 66.2 Å². The van der Waals surface area contributed by atoms with Crippen molar-refractivity contribution in [1.29, 1.82) is 0 Å². The molecule has 0 amide bonds. The molecule has 0 radical (unpaired) electrons. The first-order valence-electron chi connectivity index (χ1n) is 9.65. The molecule has 4 aromatic rings. The summed E-state index contributed by atoms with van der Waals surface area (Å²) in [7, 11) is -3.75. The summed E-state index contributed by atoms with van der Waals surface area (Å²) >= 11 is 0. The molecule has 0 aliphatic heterocycles. The van der Waals surface area contributed by atoms with Crippen LogP contribution >= 0.6 is 0 Å². The number of sulfonamides is 1. The molecule has 2 N–H and O–H groups in total. The topological polar surface area (TPSA) is 120 Å². The fraction of sp³-hybridized carbons (Fsp3) is 0.200. The first-order valence-corrected chi connectivity index (χ1v) is 11.1. The van der Waals surface area contributed by atoms with E-state index in [2.05, 4.69) is 30.4 Å². The molecule has 0 spiro atoms. The van der Waals surface area contributed by atoms with Gasteiger partial charge in [0.1, 0.15) is 4.90 Å². The SMILES string of the molecule is CCn1nc(C)c(S(=O)(=O)Nc2ccc(Nc3ccc(-n4cccn4)nn3)cc2)c1C. The third-order valence-electron chi connectivity index (χ3n) is 4.68. The summed E-state index contributed by atoms with van der Waals surface area (Å²) in [6.45, 7) is 5.97. The summed E-state index contributed by atoms with van der Waals surface area (Å²) in [6, 6.07) is 12.3. The van der Waals surface area contributed by atoms with Crippen LogP contribution in [0.1, 0.15) is 18.3 Å². The fourth-order valence-electron chi connectivity index (χ4n) is 3.27. The first kappa shape index (κ1) is 20.5. The molecule has 0 fully saturated rings. The molecule has 0 bridgehead atoms. The Balaban J connectivity index is 1.46. The number of hydrogen-bond acceptors (Lipinski definition) is 7. The second kappa shape index (κ2) is 8.19. The highest BCUT2D eigenvalue weighted by Gasteiger charge is 2.24. The third kappa shape index (κ3) is 4.26. The van der Waals surface area contributed by atoms with Gasteiger partial charge in [-0.1, -0.05) is 0 Å². The number of hydrogen-bond donors (Lipinski definition) is 2. The van der Waals surface area contributed by atoms with Crippen molar-refractivity contribution < 1.29 is 8.42 Å². The van der Waals surface area contributed by atoms with Gasteiger partial charge in [-0.2, -0.15) is 10.2 Å². The van der Waals surface area contributed by atoms with Crippen LogP contribution in [0.3, 0.4) is 0 Å². The number of anilines is 3. The van der Waals surface area contributed by atoms with Gasteiger partial charge in [-0.3, -0.25) is 9.40 Å². The number of rotatable bonds is 7. The minimum absolute atomic E-state index is 0.212. The highest BCUT2D eigenvalue weighted by Crippen LogP contribution is 2.24. The molecular formula is C20H22N8O2S. The number of aromatic nitrogens is 6. The zero-order valence-corrected chi connectivity index (χ0v) is 18.1. The van der Waals surface area contributed by atoms with E-state index in [9.17, 15) is 8.42 Å². The zero-order valence-electron chi connectivity index (χ0n) is 17.3. The molecule has 0 aliphatic carbocycles. The van der Waals surface area contributed by atoms with E-state index in [4.69, 9.17) is 0 Å². The summed E-state index contributed by atoms with van der Waals surface area (Å²) in [5, 5.41) is 19.8. The van der Waals surface area contributed by atoms with Gasteiger partial charge < -0.3 is 5.32 Å². The Morgan fingerprint density at radius 3 is 2.32 bits per heavy atom. The largest absolute Gasteiger partial charge is 0.339 e. The Hall–Kier alpha value is -3.73. The van der Waals surface area contributed by atoms with Crippen LogP contribution in [0.15, 0.2) is 59.8 Å². The molecule has 0 unspecified atom stereocenters. The van der Waals surface area contributed by atoms with Crippen molar-refractivity contribution in [1.82, 2.24) is 29.8 Å². The van der Waals surface area contributed by atoms with Crippen molar-refractivity contribution in [2.24, 2.45) is 0 Å². The average molecular weight is 439 g/mol. The quantitative estimate of drug-likeness (QED) is 0.455. The lowest BCUT2D eigenvalue weighted by Crippen LogP contribution is -2.15. The summed E-state index contributed by atoms with van der Waals surface area (Å²) in [5.41, 5.74) is 2.29. The summed E-state index contributed by atoms with van der Waals surface area (Å²) < 4.78 is 31.7. The van der Waals surface area contributed by atoms with Crippen LogP contribution in [0.4, 0.5) is 17.2 Å². The average Bonchev–Trinajstić information content (AvgIpc) is 3.38. The Morgan fingerprint density at radius 1 is 1.00 bits per heavy atom. The van der Waals surface area contributed by atoms with Crippen molar-refractivity contribution in [3.8, 4) is 5.82 Å². The lowest BCUT2D eigenvalue weighted by atomic mass is 10.3. The van der Waals surface area contributed by atoms with E-state index in [1.165, 1.54) is 0 Å². The second-order valence-corrected chi connectivity index (χ2v) is 8.47. The maximum absolute atomic E-state index is 12.9. The molecule has 11 heteroatoms. The highest BCUT2D eigenvalue weighted by atomic mass is 32.2. The molecule has 0 saturated carbocycles. The summed E-state index contributed by atoms with van der Waals surface area (Å²) in [6.07, 6.45) is 3.45. The normalized spacial score (nSPS) is 11.5. The van der Waals surface area contributed by atoms with E-state index in [1.54, 1.807) is 72.0 Å². The van der Waals surface area contributed by atoms with Gasteiger partial charge in [0, 0.05) is 30.3 Å². The van der Waals surface area contributed by atoms with Crippen LogP contribution in [0.5, 0.6) is 0 Å². The van der Waals surface area contributed by atoms with E-state index in [0.29, 0.717) is 35.3 Å². The molecule has 1 aromatic carbocycles. The fourth-order valence-corrected chi connectivity index (χ4v) is 4.74. The molecule has 0 aliphatic rings. The minimum atomic E-state index is -3.75. The van der Waals surface area contributed by atoms with Gasteiger partial charge in [0.2, 0.25) is 0 Å². The van der Waals surface area contributed by atoms with E-state index in [0.717, 1.165) is 5.69 Å². The van der Waals surface area contributed by atoms with E-state index in [1.807, 2.05) is 13.0 Å². The standard InChI is InChI=1S/C20H22N8O2S/c1-4-27-15(3)20(14(2)25-27)31(29,30)26-17-8-6-16(7-9-17)22-18-10-11-19(24-23-18)28-13-5-12-21-28/h5-13,26H,4H2,1-3H3,(H,22,23). The van der Waals surface area contributed by atoms with Crippen LogP contribution in [-0.2, 0) is 16.6 Å². The van der Waals surface area contributed by atoms with Gasteiger partial charge in [0.25, 0.3) is 10.0 Å². The molecule has 0 atom stereocenters. The molecule has 160 valence electrons. The van der Waals surface area contributed by atoms with Crippen molar-refractivity contribution >= 4 is 27.2 Å². The van der Waals surface area contributed by atoms with Gasteiger partial charge in [-0.25, -0.2) is 13.1 Å². The van der Waals surface area contributed by atoms with Gasteiger partial charge in [-0.15, -0.1) is 10.2 Å². The molecule has 4 rings (SSSR count). The minimum Gasteiger partial charge on any atom is -0.339 e. The number of aryl methyl sites for hydroxylation is 2. The van der Waals surface area contributed by atoms with Crippen molar-refractivity contribution in [3.63, 3.8) is 0 Å². The molecule has 0 saturated heterocycles. The van der Waals surface area contributed by atoms with Gasteiger partial charge in [0.05, 0.1) is 11.4 Å². The van der Waals surface area contributed by atoms with Crippen LogP contribution in [-0.4, -0.2) is 38.2 Å². The number of nitrogens with one attached hydrogen (secondary N) is 2. The van der Waals surface area contributed by atoms with E-state index in [-0.39, 0.29) is 4.90 Å². The first-order chi connectivity index (χ1) is 14.9. The van der Waals surface area contributed by atoms with Crippen LogP contribution < -0.4 is 10.0 Å². The van der Waals surface area contributed by atoms with Crippen LogP contribution in [0, 0.1) is 13.8 Å². The smallest absolute Gasteiger partial charge is 0.265 e. The lowest BCUT2D eigenvalue weighted by molar-refractivity contribution is 0.598. The highest BCUT2D eigenvalue weighted by molar-refractivity contribution is 7.92. The van der Waals surface area contributed by atoms with Gasteiger partial charge >= 0.3 is 0 Å². The number of benzene rings is 1. The Labute approximate surface area is 180 Å². The summed E-state index contributed by atoms with van der Waals surface area (Å²) in [5.74, 6) is 1.17. The Kier molecular flexibility index (Phi) is 5.42. The molecular weight excluding hydrogens is 416 g/mol. The maximum Gasteiger partial charge on any atom is 0.265 e. The van der Waals surface area contributed by atoms with E-state index < -0.39 is 10.0 Å². The second-order valence-electron chi connectivity index (χ2n) is 6.85. The van der Waals surface area contributed by atoms with Crippen LogP contribution in [0.2, 0.25) is 0 Å². The molecule has 3 heterocycles. The third-order valence-corrected chi connectivity index (χ3v) is 6.32. The summed E-state index contributed by atoms with van der Waals surface area (Å²) in [4.78, 5) is 0.212. The Bertz CT molecular complexity index is 1280. The predicted molar refractivity (Wildman–Crippen MR) is 117 cm³/mol. The Morgan fingerprint density at radius 2 is 1.74 bits per heavy atom. The molecule has 10 nitrogen and oxygen atoms in total. The number of nitrogens with zero attached hydrogens (tertiary/aromatic N) is 6. The monoisotopic (exact) mass is 438 g/mol. The van der Waals surface area contributed by atoms with Crippen molar-refractivity contribution in [2.45, 2.75) is 32.2 Å². The van der Waals surface area contributed by atoms with Crippen LogP contribution in [0.25, 0.3) is 5.82 Å². The zero-order chi connectivity index (χ0) is 22.0. The maximum atomic E-state index is 12.9. The van der Waals surface area contributed by atoms with Gasteiger partial charge in [0.15, 0.2) is 11.6 Å².